The number of hydrogen-bond donors (Lipinski definition) is 1. The van der Waals surface area contributed by atoms with Gasteiger partial charge in [-0.2, -0.15) is 4.98 Å². The normalized spacial score (nSPS) is 25.4. The zero-order chi connectivity index (χ0) is 21.1. The van der Waals surface area contributed by atoms with Crippen LogP contribution in [0.15, 0.2) is 40.8 Å². The summed E-state index contributed by atoms with van der Waals surface area (Å²) < 4.78 is 11.0. The van der Waals surface area contributed by atoms with Crippen LogP contribution in [0, 0.1) is 12.8 Å². The van der Waals surface area contributed by atoms with Crippen molar-refractivity contribution in [3.63, 3.8) is 0 Å². The molecule has 1 fully saturated rings. The molecule has 0 saturated carbocycles. The number of H-pyrrole nitrogens is 1. The molecule has 0 spiro atoms. The fourth-order valence-corrected chi connectivity index (χ4v) is 4.38. The number of carbonyl (C=O) groups is 1. The van der Waals surface area contributed by atoms with Crippen LogP contribution in [0.3, 0.4) is 0 Å². The minimum Gasteiger partial charge on any atom is -0.497 e. The van der Waals surface area contributed by atoms with E-state index in [1.807, 2.05) is 43.2 Å². The maximum Gasteiger partial charge on any atom is 0.231 e. The molecule has 2 aliphatic heterocycles. The van der Waals surface area contributed by atoms with Crippen LogP contribution in [-0.2, 0) is 9.53 Å². The molecule has 3 atom stereocenters. The van der Waals surface area contributed by atoms with Gasteiger partial charge in [0.05, 0.1) is 24.6 Å². The lowest BCUT2D eigenvalue weighted by Gasteiger charge is -2.39. The number of piperidine rings is 1. The van der Waals surface area contributed by atoms with E-state index in [0.717, 1.165) is 49.1 Å². The number of hydrogen-bond acceptors (Lipinski definition) is 5. The van der Waals surface area contributed by atoms with Crippen LogP contribution in [0.25, 0.3) is 11.5 Å². The third kappa shape index (κ3) is 4.35. The first kappa shape index (κ1) is 20.4. The molecule has 7 nitrogen and oxygen atoms in total. The van der Waals surface area contributed by atoms with Crippen LogP contribution in [0.5, 0.6) is 0 Å². The fraction of sp³-hybridized carbons (Fsp3) is 0.522. The van der Waals surface area contributed by atoms with Gasteiger partial charge in [0, 0.05) is 18.8 Å². The molecule has 1 saturated heterocycles. The summed E-state index contributed by atoms with van der Waals surface area (Å²) in [5.41, 5.74) is 1.97. The summed E-state index contributed by atoms with van der Waals surface area (Å²) in [5.74, 6) is 1.87. The van der Waals surface area contributed by atoms with Crippen molar-refractivity contribution in [2.24, 2.45) is 5.92 Å². The summed E-state index contributed by atoms with van der Waals surface area (Å²) in [5, 5.41) is 4.15. The number of aromatic nitrogens is 3. The van der Waals surface area contributed by atoms with Crippen molar-refractivity contribution >= 4 is 5.91 Å². The summed E-state index contributed by atoms with van der Waals surface area (Å²) in [4.78, 5) is 23.1. The number of nitrogens with zero attached hydrogens (tertiary/aromatic N) is 3. The molecule has 4 heterocycles. The lowest BCUT2D eigenvalue weighted by molar-refractivity contribution is -0.138. The Morgan fingerprint density at radius 2 is 2.17 bits per heavy atom. The summed E-state index contributed by atoms with van der Waals surface area (Å²) in [6.07, 6.45) is 12.9. The van der Waals surface area contributed by atoms with E-state index in [1.54, 1.807) is 7.11 Å². The molecule has 2 aromatic rings. The van der Waals surface area contributed by atoms with Gasteiger partial charge in [-0.15, -0.1) is 0 Å². The fourth-order valence-electron chi connectivity index (χ4n) is 4.38. The largest absolute Gasteiger partial charge is 0.497 e. The summed E-state index contributed by atoms with van der Waals surface area (Å²) in [6, 6.07) is 2.26. The summed E-state index contributed by atoms with van der Waals surface area (Å²) in [7, 11) is 1.64. The first-order valence-electron chi connectivity index (χ1n) is 10.8. The second-order valence-corrected chi connectivity index (χ2v) is 8.36. The molecule has 1 N–H and O–H groups in total. The van der Waals surface area contributed by atoms with Crippen LogP contribution >= 0.6 is 0 Å². The zero-order valence-electron chi connectivity index (χ0n) is 17.9. The standard InChI is InChI=1S/C23H30N4O3/c1-15-11-20(24-13-15)21-25-22(30-26-21)17-9-10-18-7-5-4-6-8-19(29-3)12-16(2)23(28)27(18)14-17/h6,8,11-13,16-18,24H,4-5,7,9-10,14H2,1-3H3. The maximum absolute atomic E-state index is 13.3. The predicted molar refractivity (Wildman–Crippen MR) is 114 cm³/mol. The second kappa shape index (κ2) is 8.90. The quantitative estimate of drug-likeness (QED) is 0.813. The van der Waals surface area contributed by atoms with Gasteiger partial charge < -0.3 is 19.1 Å². The molecule has 0 aliphatic carbocycles. The van der Waals surface area contributed by atoms with E-state index in [1.165, 1.54) is 0 Å². The lowest BCUT2D eigenvalue weighted by atomic mass is 9.89. The van der Waals surface area contributed by atoms with Gasteiger partial charge in [0.2, 0.25) is 17.6 Å². The summed E-state index contributed by atoms with van der Waals surface area (Å²) >= 11 is 0. The van der Waals surface area contributed by atoms with Crippen molar-refractivity contribution < 1.29 is 14.1 Å². The minimum atomic E-state index is -0.246. The Balaban J connectivity index is 1.54. The van der Waals surface area contributed by atoms with E-state index in [-0.39, 0.29) is 23.8 Å². The van der Waals surface area contributed by atoms with Gasteiger partial charge in [-0.05, 0) is 69.7 Å². The van der Waals surface area contributed by atoms with Crippen molar-refractivity contribution in [2.75, 3.05) is 13.7 Å². The molecule has 7 heteroatoms. The van der Waals surface area contributed by atoms with Crippen LogP contribution < -0.4 is 0 Å². The van der Waals surface area contributed by atoms with E-state index in [2.05, 4.69) is 21.2 Å². The molecule has 1 amide bonds. The van der Waals surface area contributed by atoms with Gasteiger partial charge in [-0.1, -0.05) is 11.2 Å². The van der Waals surface area contributed by atoms with Crippen molar-refractivity contribution in [1.29, 1.82) is 0 Å². The van der Waals surface area contributed by atoms with E-state index in [0.29, 0.717) is 18.3 Å². The minimum absolute atomic E-state index is 0.0591. The average Bonchev–Trinajstić information content (AvgIpc) is 3.40. The Kier molecular flexibility index (Phi) is 6.06. The molecular weight excluding hydrogens is 380 g/mol. The molecule has 4 rings (SSSR count). The van der Waals surface area contributed by atoms with Gasteiger partial charge in [-0.3, -0.25) is 4.79 Å². The second-order valence-electron chi connectivity index (χ2n) is 8.36. The molecule has 2 aliphatic rings. The molecule has 0 bridgehead atoms. The Hall–Kier alpha value is -2.83. The molecule has 160 valence electrons. The van der Waals surface area contributed by atoms with Crippen LogP contribution in [-0.4, -0.2) is 45.6 Å². The molecule has 0 radical (unpaired) electrons. The average molecular weight is 411 g/mol. The number of nitrogens with one attached hydrogen (secondary N) is 1. The highest BCUT2D eigenvalue weighted by atomic mass is 16.5. The number of aromatic amines is 1. The molecule has 3 unspecified atom stereocenters. The van der Waals surface area contributed by atoms with Crippen molar-refractivity contribution in [3.05, 3.63) is 47.7 Å². The smallest absolute Gasteiger partial charge is 0.231 e. The van der Waals surface area contributed by atoms with Gasteiger partial charge in [0.25, 0.3) is 0 Å². The number of methoxy groups -OCH3 is 1. The van der Waals surface area contributed by atoms with Crippen LogP contribution in [0.2, 0.25) is 0 Å². The first-order chi connectivity index (χ1) is 14.5. The highest BCUT2D eigenvalue weighted by Gasteiger charge is 2.36. The van der Waals surface area contributed by atoms with E-state index in [4.69, 9.17) is 9.26 Å². The van der Waals surface area contributed by atoms with Gasteiger partial charge in [-0.25, -0.2) is 0 Å². The number of rotatable bonds is 3. The highest BCUT2D eigenvalue weighted by molar-refractivity contribution is 5.81. The maximum atomic E-state index is 13.3. The van der Waals surface area contributed by atoms with E-state index >= 15 is 0 Å². The van der Waals surface area contributed by atoms with Crippen molar-refractivity contribution in [1.82, 2.24) is 20.0 Å². The van der Waals surface area contributed by atoms with E-state index in [9.17, 15) is 4.79 Å². The number of amides is 1. The van der Waals surface area contributed by atoms with Gasteiger partial charge in [0.1, 0.15) is 5.76 Å². The molecule has 0 aromatic carbocycles. The highest BCUT2D eigenvalue weighted by Crippen LogP contribution is 2.33. The Labute approximate surface area is 177 Å². The van der Waals surface area contributed by atoms with Crippen LogP contribution in [0.4, 0.5) is 0 Å². The Bertz CT molecular complexity index is 942. The van der Waals surface area contributed by atoms with Gasteiger partial charge in [0.15, 0.2) is 0 Å². The van der Waals surface area contributed by atoms with Gasteiger partial charge >= 0.3 is 0 Å². The predicted octanol–water partition coefficient (Wildman–Crippen LogP) is 4.35. The Morgan fingerprint density at radius 3 is 2.93 bits per heavy atom. The summed E-state index contributed by atoms with van der Waals surface area (Å²) in [6.45, 7) is 4.57. The molecular formula is C23H30N4O3. The van der Waals surface area contributed by atoms with E-state index < -0.39 is 0 Å². The monoisotopic (exact) mass is 410 g/mol. The molecule has 2 aromatic heterocycles. The number of allylic oxidation sites excluding steroid dienone is 2. The SMILES string of the molecule is COC1=CC(C)C(=O)N2CC(c3nc(-c4cc(C)c[nH]4)no3)CCC2CCCC=C1. The topological polar surface area (TPSA) is 84.2 Å². The third-order valence-corrected chi connectivity index (χ3v) is 6.08. The number of carbonyl (C=O) groups excluding carboxylic acids is 1. The Morgan fingerprint density at radius 1 is 1.30 bits per heavy atom. The number of ether oxygens (including phenoxy) is 1. The third-order valence-electron chi connectivity index (χ3n) is 6.08. The molecule has 30 heavy (non-hydrogen) atoms. The zero-order valence-corrected chi connectivity index (χ0v) is 17.9. The van der Waals surface area contributed by atoms with Crippen molar-refractivity contribution in [2.45, 2.75) is 57.9 Å². The first-order valence-corrected chi connectivity index (χ1v) is 10.8. The number of fused-ring (bicyclic) bond motifs is 1. The lowest BCUT2D eigenvalue weighted by Crippen LogP contribution is -2.48. The van der Waals surface area contributed by atoms with Crippen molar-refractivity contribution in [3.8, 4) is 11.5 Å². The van der Waals surface area contributed by atoms with Crippen LogP contribution in [0.1, 0.15) is 56.4 Å². The number of aryl methyl sites for hydroxylation is 1.